The lowest BCUT2D eigenvalue weighted by Crippen LogP contribution is -2.05. The first kappa shape index (κ1) is 10.3. The summed E-state index contributed by atoms with van der Waals surface area (Å²) in [5.74, 6) is 0. The molecule has 6 heteroatoms. The number of rotatable bonds is 2. The smallest absolute Gasteiger partial charge is 0.267 e. The van der Waals surface area contributed by atoms with Gasteiger partial charge in [-0.05, 0) is 0 Å². The molecule has 0 amide bonds. The number of nitrogens with zero attached hydrogens (tertiary/aromatic N) is 2. The molecule has 0 aliphatic carbocycles. The van der Waals surface area contributed by atoms with E-state index in [0.29, 0.717) is 0 Å². The van der Waals surface area contributed by atoms with Gasteiger partial charge in [0.2, 0.25) is 0 Å². The van der Waals surface area contributed by atoms with E-state index in [1.165, 1.54) is 0 Å². The third kappa shape index (κ3) is 1.63. The van der Waals surface area contributed by atoms with E-state index < -0.39 is 18.6 Å². The van der Waals surface area contributed by atoms with Crippen molar-refractivity contribution in [3.8, 4) is 6.07 Å². The number of aromatic nitrogens is 1. The number of aliphatic hydroxyl groups is 1. The highest BCUT2D eigenvalue weighted by molar-refractivity contribution is 5.57. The molecule has 3 N–H and O–H groups in total. The van der Waals surface area contributed by atoms with Gasteiger partial charge in [-0.3, -0.25) is 0 Å². The lowest BCUT2D eigenvalue weighted by molar-refractivity contribution is 0.151. The maximum Gasteiger partial charge on any atom is 0.267 e. The quantitative estimate of drug-likeness (QED) is 0.743. The predicted octanol–water partition coefficient (Wildman–Crippen LogP) is 0.965. The number of anilines is 1. The molecule has 0 unspecified atom stereocenters. The van der Waals surface area contributed by atoms with E-state index >= 15 is 0 Å². The van der Waals surface area contributed by atoms with E-state index in [9.17, 15) is 8.78 Å². The summed E-state index contributed by atoms with van der Waals surface area (Å²) in [7, 11) is 0. The van der Waals surface area contributed by atoms with E-state index in [-0.39, 0.29) is 16.9 Å². The van der Waals surface area contributed by atoms with Crippen LogP contribution in [0, 0.1) is 11.3 Å². The van der Waals surface area contributed by atoms with E-state index in [0.717, 1.165) is 6.20 Å². The molecule has 74 valence electrons. The van der Waals surface area contributed by atoms with Crippen LogP contribution in [-0.2, 0) is 6.61 Å². The van der Waals surface area contributed by atoms with Crippen molar-refractivity contribution in [3.05, 3.63) is 23.0 Å². The Balaban J connectivity index is 3.37. The van der Waals surface area contributed by atoms with Crippen LogP contribution < -0.4 is 5.73 Å². The predicted molar refractivity (Wildman–Crippen MR) is 44.2 cm³/mol. The minimum atomic E-state index is -2.76. The summed E-state index contributed by atoms with van der Waals surface area (Å²) in [6.07, 6.45) is -1.92. The average molecular weight is 199 g/mol. The van der Waals surface area contributed by atoms with E-state index in [1.807, 2.05) is 0 Å². The first-order valence-electron chi connectivity index (χ1n) is 3.68. The van der Waals surface area contributed by atoms with Crippen LogP contribution >= 0.6 is 0 Å². The molecule has 14 heavy (non-hydrogen) atoms. The number of halogens is 2. The van der Waals surface area contributed by atoms with Crippen molar-refractivity contribution in [2.24, 2.45) is 0 Å². The Kier molecular flexibility index (Phi) is 2.94. The standard InChI is InChI=1S/C8H7F2N3O/c9-8(10)4-2-13-6(1-11)5(3-14)7(4)12/h2,8,14H,3H2,(H2,12,13). The zero-order chi connectivity index (χ0) is 10.7. The molecule has 0 saturated heterocycles. The highest BCUT2D eigenvalue weighted by atomic mass is 19.3. The molecule has 1 aromatic rings. The first-order chi connectivity index (χ1) is 6.61. The number of alkyl halides is 2. The van der Waals surface area contributed by atoms with Crippen LogP contribution in [0.3, 0.4) is 0 Å². The Morgan fingerprint density at radius 3 is 2.71 bits per heavy atom. The molecular formula is C8H7F2N3O. The second-order valence-electron chi connectivity index (χ2n) is 2.52. The molecule has 0 bridgehead atoms. The normalized spacial score (nSPS) is 10.2. The highest BCUT2D eigenvalue weighted by Crippen LogP contribution is 2.28. The molecule has 4 nitrogen and oxygen atoms in total. The maximum atomic E-state index is 12.3. The fourth-order valence-corrected chi connectivity index (χ4v) is 1.01. The van der Waals surface area contributed by atoms with Crippen molar-refractivity contribution in [1.82, 2.24) is 4.98 Å². The summed E-state index contributed by atoms with van der Waals surface area (Å²) in [4.78, 5) is 3.47. The molecular weight excluding hydrogens is 192 g/mol. The van der Waals surface area contributed by atoms with Gasteiger partial charge in [0, 0.05) is 11.8 Å². The molecule has 0 spiro atoms. The van der Waals surface area contributed by atoms with Crippen LogP contribution in [0.2, 0.25) is 0 Å². The lowest BCUT2D eigenvalue weighted by Gasteiger charge is -2.08. The topological polar surface area (TPSA) is 82.9 Å². The molecule has 0 atom stereocenters. The number of nitrogen functional groups attached to an aromatic ring is 1. The van der Waals surface area contributed by atoms with Crippen LogP contribution in [0.5, 0.6) is 0 Å². The molecule has 0 saturated carbocycles. The van der Waals surface area contributed by atoms with Crippen molar-refractivity contribution in [2.75, 3.05) is 5.73 Å². The second kappa shape index (κ2) is 3.98. The Morgan fingerprint density at radius 1 is 1.64 bits per heavy atom. The number of hydrogen-bond donors (Lipinski definition) is 2. The summed E-state index contributed by atoms with van der Waals surface area (Å²) in [5, 5.41) is 17.4. The van der Waals surface area contributed by atoms with E-state index in [1.54, 1.807) is 6.07 Å². The Hall–Kier alpha value is -1.74. The molecule has 0 fully saturated rings. The summed E-state index contributed by atoms with van der Waals surface area (Å²) in [6, 6.07) is 1.66. The van der Waals surface area contributed by atoms with Crippen LogP contribution in [-0.4, -0.2) is 10.1 Å². The third-order valence-electron chi connectivity index (χ3n) is 1.75. The zero-order valence-electron chi connectivity index (χ0n) is 7.04. The number of nitrogens with two attached hydrogens (primary N) is 1. The second-order valence-corrected chi connectivity index (χ2v) is 2.52. The zero-order valence-corrected chi connectivity index (χ0v) is 7.04. The van der Waals surface area contributed by atoms with Crippen molar-refractivity contribution in [2.45, 2.75) is 13.0 Å². The van der Waals surface area contributed by atoms with Crippen molar-refractivity contribution < 1.29 is 13.9 Å². The van der Waals surface area contributed by atoms with Crippen LogP contribution in [0.4, 0.5) is 14.5 Å². The Labute approximate surface area is 78.6 Å². The fraction of sp³-hybridized carbons (Fsp3) is 0.250. The number of nitriles is 1. The van der Waals surface area contributed by atoms with Crippen molar-refractivity contribution in [3.63, 3.8) is 0 Å². The fourth-order valence-electron chi connectivity index (χ4n) is 1.01. The molecule has 0 radical (unpaired) electrons. The molecule has 0 aliphatic rings. The van der Waals surface area contributed by atoms with Gasteiger partial charge in [-0.1, -0.05) is 0 Å². The first-order valence-corrected chi connectivity index (χ1v) is 3.68. The van der Waals surface area contributed by atoms with Crippen molar-refractivity contribution >= 4 is 5.69 Å². The van der Waals surface area contributed by atoms with Crippen LogP contribution in [0.15, 0.2) is 6.20 Å². The van der Waals surface area contributed by atoms with Gasteiger partial charge in [-0.15, -0.1) is 0 Å². The van der Waals surface area contributed by atoms with Gasteiger partial charge < -0.3 is 10.8 Å². The monoisotopic (exact) mass is 199 g/mol. The lowest BCUT2D eigenvalue weighted by atomic mass is 10.1. The minimum absolute atomic E-state index is 0.0506. The Bertz CT molecular complexity index is 387. The van der Waals surface area contributed by atoms with Gasteiger partial charge in [0.1, 0.15) is 11.8 Å². The van der Waals surface area contributed by atoms with Crippen LogP contribution in [0.1, 0.15) is 23.2 Å². The summed E-state index contributed by atoms with van der Waals surface area (Å²) >= 11 is 0. The minimum Gasteiger partial charge on any atom is -0.398 e. The molecule has 0 aromatic carbocycles. The van der Waals surface area contributed by atoms with Gasteiger partial charge in [-0.2, -0.15) is 5.26 Å². The van der Waals surface area contributed by atoms with Crippen LogP contribution in [0.25, 0.3) is 0 Å². The average Bonchev–Trinajstić information content (AvgIpc) is 2.16. The largest absolute Gasteiger partial charge is 0.398 e. The maximum absolute atomic E-state index is 12.3. The van der Waals surface area contributed by atoms with Crippen molar-refractivity contribution in [1.29, 1.82) is 5.26 Å². The summed E-state index contributed by atoms with van der Waals surface area (Å²) < 4.78 is 24.6. The van der Waals surface area contributed by atoms with E-state index in [2.05, 4.69) is 4.98 Å². The van der Waals surface area contributed by atoms with Gasteiger partial charge in [0.25, 0.3) is 6.43 Å². The van der Waals surface area contributed by atoms with Gasteiger partial charge in [-0.25, -0.2) is 13.8 Å². The summed E-state index contributed by atoms with van der Waals surface area (Å²) in [5.41, 5.74) is 4.43. The molecule has 1 heterocycles. The summed E-state index contributed by atoms with van der Waals surface area (Å²) in [6.45, 7) is -0.581. The molecule has 1 rings (SSSR count). The van der Waals surface area contributed by atoms with Gasteiger partial charge in [0.05, 0.1) is 17.9 Å². The Morgan fingerprint density at radius 2 is 2.29 bits per heavy atom. The van der Waals surface area contributed by atoms with E-state index in [4.69, 9.17) is 16.1 Å². The number of hydrogen-bond acceptors (Lipinski definition) is 4. The SMILES string of the molecule is N#Cc1ncc(C(F)F)c(N)c1CO. The number of aliphatic hydroxyl groups excluding tert-OH is 1. The van der Waals surface area contributed by atoms with Gasteiger partial charge in [0.15, 0.2) is 0 Å². The molecule has 1 aromatic heterocycles. The highest BCUT2D eigenvalue weighted by Gasteiger charge is 2.17. The third-order valence-corrected chi connectivity index (χ3v) is 1.75. The number of pyridine rings is 1. The van der Waals surface area contributed by atoms with Gasteiger partial charge >= 0.3 is 0 Å². The molecule has 0 aliphatic heterocycles.